The number of carbonyl (C=O) groups excluding carboxylic acids is 1. The third kappa shape index (κ3) is 2.70. The summed E-state index contributed by atoms with van der Waals surface area (Å²) >= 11 is 0. The minimum Gasteiger partial charge on any atom is -0.357 e. The predicted octanol–water partition coefficient (Wildman–Crippen LogP) is 1.91. The van der Waals surface area contributed by atoms with Crippen molar-refractivity contribution in [2.24, 2.45) is 0 Å². The lowest BCUT2D eigenvalue weighted by molar-refractivity contribution is -0.124. The molecule has 2 atom stereocenters. The van der Waals surface area contributed by atoms with E-state index >= 15 is 0 Å². The van der Waals surface area contributed by atoms with E-state index in [1.54, 1.807) is 0 Å². The number of carbonyl (C=O) groups is 1. The highest BCUT2D eigenvalue weighted by Gasteiger charge is 2.32. The maximum atomic E-state index is 12.0. The zero-order valence-electron chi connectivity index (χ0n) is 11.6. The van der Waals surface area contributed by atoms with Crippen LogP contribution in [0.15, 0.2) is 18.2 Å². The molecule has 1 fully saturated rings. The van der Waals surface area contributed by atoms with Crippen molar-refractivity contribution in [3.8, 4) is 6.07 Å². The molecule has 1 aromatic carbocycles. The fraction of sp³-hybridized carbons (Fsp3) is 0.467. The van der Waals surface area contributed by atoms with Gasteiger partial charge in [0.05, 0.1) is 12.5 Å². The fourth-order valence-corrected chi connectivity index (χ4v) is 2.43. The predicted molar refractivity (Wildman–Crippen MR) is 74.9 cm³/mol. The van der Waals surface area contributed by atoms with Crippen LogP contribution < -0.4 is 10.2 Å². The first-order valence-electron chi connectivity index (χ1n) is 6.54. The first-order valence-corrected chi connectivity index (χ1v) is 6.54. The van der Waals surface area contributed by atoms with Crippen LogP contribution in [0.2, 0.25) is 0 Å². The maximum Gasteiger partial charge on any atom is 0.244 e. The zero-order valence-corrected chi connectivity index (χ0v) is 11.6. The van der Waals surface area contributed by atoms with Crippen molar-refractivity contribution < 1.29 is 4.79 Å². The van der Waals surface area contributed by atoms with Crippen LogP contribution in [0.1, 0.15) is 24.5 Å². The maximum absolute atomic E-state index is 12.0. The molecule has 1 aliphatic heterocycles. The quantitative estimate of drug-likeness (QED) is 0.880. The molecule has 4 heteroatoms. The van der Waals surface area contributed by atoms with Gasteiger partial charge in [0.15, 0.2) is 0 Å². The Bertz CT molecular complexity index is 533. The molecule has 1 heterocycles. The minimum atomic E-state index is -0.386. The second-order valence-electron chi connectivity index (χ2n) is 5.21. The highest BCUT2D eigenvalue weighted by molar-refractivity contribution is 5.87. The molecule has 100 valence electrons. The lowest BCUT2D eigenvalue weighted by atomic mass is 10.0. The van der Waals surface area contributed by atoms with Gasteiger partial charge in [-0.3, -0.25) is 4.79 Å². The van der Waals surface area contributed by atoms with E-state index in [1.807, 2.05) is 17.9 Å². The molecule has 0 spiro atoms. The Labute approximate surface area is 114 Å². The van der Waals surface area contributed by atoms with E-state index in [4.69, 9.17) is 5.26 Å². The summed E-state index contributed by atoms with van der Waals surface area (Å²) in [7, 11) is 0. The molecule has 1 aromatic rings. The van der Waals surface area contributed by atoms with E-state index in [2.05, 4.69) is 37.4 Å². The summed E-state index contributed by atoms with van der Waals surface area (Å²) < 4.78 is 0. The van der Waals surface area contributed by atoms with Gasteiger partial charge in [-0.1, -0.05) is 6.07 Å². The van der Waals surface area contributed by atoms with E-state index < -0.39 is 0 Å². The average molecular weight is 257 g/mol. The molecule has 1 N–H and O–H groups in total. The van der Waals surface area contributed by atoms with E-state index in [9.17, 15) is 4.79 Å². The van der Waals surface area contributed by atoms with Crippen LogP contribution in [0.3, 0.4) is 0 Å². The third-order valence-corrected chi connectivity index (χ3v) is 3.64. The molecule has 1 saturated heterocycles. The van der Waals surface area contributed by atoms with E-state index in [0.29, 0.717) is 0 Å². The number of rotatable bonds is 2. The van der Waals surface area contributed by atoms with Gasteiger partial charge < -0.3 is 10.2 Å². The van der Waals surface area contributed by atoms with Crippen LogP contribution >= 0.6 is 0 Å². The molecular weight excluding hydrogens is 238 g/mol. The number of aryl methyl sites for hydroxylation is 2. The van der Waals surface area contributed by atoms with Crippen LogP contribution in [0.25, 0.3) is 0 Å². The number of nitriles is 1. The number of anilines is 1. The van der Waals surface area contributed by atoms with Gasteiger partial charge in [-0.2, -0.15) is 5.26 Å². The number of piperazine rings is 1. The zero-order chi connectivity index (χ0) is 14.0. The van der Waals surface area contributed by atoms with Crippen LogP contribution in [0.4, 0.5) is 5.69 Å². The third-order valence-electron chi connectivity index (χ3n) is 3.64. The van der Waals surface area contributed by atoms with Crippen molar-refractivity contribution >= 4 is 11.6 Å². The summed E-state index contributed by atoms with van der Waals surface area (Å²) in [6, 6.07) is 8.00. The van der Waals surface area contributed by atoms with Gasteiger partial charge in [0, 0.05) is 18.3 Å². The van der Waals surface area contributed by atoms with Crippen molar-refractivity contribution in [1.29, 1.82) is 5.26 Å². The first kappa shape index (κ1) is 13.4. The Kier molecular flexibility index (Phi) is 3.75. The summed E-state index contributed by atoms with van der Waals surface area (Å²) in [6.07, 6.45) is 0.214. The molecule has 1 amide bonds. The summed E-state index contributed by atoms with van der Waals surface area (Å²) in [5.74, 6) is -0.0569. The lowest BCUT2D eigenvalue weighted by Gasteiger charge is -2.39. The Morgan fingerprint density at radius 1 is 1.42 bits per heavy atom. The molecule has 0 aromatic heterocycles. The number of nitrogens with one attached hydrogen (secondary N) is 1. The van der Waals surface area contributed by atoms with E-state index in [1.165, 1.54) is 11.1 Å². The summed E-state index contributed by atoms with van der Waals surface area (Å²) in [4.78, 5) is 14.1. The molecule has 0 aliphatic carbocycles. The second kappa shape index (κ2) is 5.31. The molecule has 0 radical (unpaired) electrons. The number of amides is 1. The van der Waals surface area contributed by atoms with Crippen LogP contribution in [-0.4, -0.2) is 24.5 Å². The lowest BCUT2D eigenvalue weighted by Crippen LogP contribution is -2.59. The highest BCUT2D eigenvalue weighted by atomic mass is 16.2. The largest absolute Gasteiger partial charge is 0.357 e. The van der Waals surface area contributed by atoms with Crippen LogP contribution in [0, 0.1) is 25.2 Å². The van der Waals surface area contributed by atoms with Gasteiger partial charge in [0.1, 0.15) is 6.04 Å². The first-order chi connectivity index (χ1) is 9.02. The Morgan fingerprint density at radius 2 is 2.16 bits per heavy atom. The number of hydrogen-bond donors (Lipinski definition) is 1. The second-order valence-corrected chi connectivity index (χ2v) is 5.21. The fourth-order valence-electron chi connectivity index (χ4n) is 2.43. The Morgan fingerprint density at radius 3 is 2.79 bits per heavy atom. The topological polar surface area (TPSA) is 56.1 Å². The van der Waals surface area contributed by atoms with Gasteiger partial charge in [-0.05, 0) is 44.0 Å². The Balaban J connectivity index is 2.35. The van der Waals surface area contributed by atoms with Crippen molar-refractivity contribution in [3.05, 3.63) is 29.3 Å². The van der Waals surface area contributed by atoms with Crippen molar-refractivity contribution in [2.45, 2.75) is 39.3 Å². The standard InChI is InChI=1S/C15H19N3O/c1-10-4-5-13(8-11(10)2)18-9-12(3)17-15(19)14(18)6-7-16/h4-5,8,12,14H,6,9H2,1-3H3,(H,17,19). The van der Waals surface area contributed by atoms with E-state index in [0.717, 1.165) is 12.2 Å². The molecule has 0 saturated carbocycles. The van der Waals surface area contributed by atoms with Crippen LogP contribution in [-0.2, 0) is 4.79 Å². The molecule has 2 unspecified atom stereocenters. The normalized spacial score (nSPS) is 22.8. The van der Waals surface area contributed by atoms with Crippen molar-refractivity contribution in [2.75, 3.05) is 11.4 Å². The average Bonchev–Trinajstić information content (AvgIpc) is 2.36. The van der Waals surface area contributed by atoms with Crippen molar-refractivity contribution in [1.82, 2.24) is 5.32 Å². The SMILES string of the molecule is Cc1ccc(N2CC(C)NC(=O)C2CC#N)cc1C. The van der Waals surface area contributed by atoms with Gasteiger partial charge in [0.25, 0.3) is 0 Å². The molecule has 1 aliphatic rings. The molecule has 4 nitrogen and oxygen atoms in total. The summed E-state index contributed by atoms with van der Waals surface area (Å²) in [6.45, 7) is 6.85. The van der Waals surface area contributed by atoms with Crippen LogP contribution in [0.5, 0.6) is 0 Å². The van der Waals surface area contributed by atoms with Crippen molar-refractivity contribution in [3.63, 3.8) is 0 Å². The number of nitrogens with zero attached hydrogens (tertiary/aromatic N) is 2. The summed E-state index contributed by atoms with van der Waals surface area (Å²) in [5.41, 5.74) is 3.45. The Hall–Kier alpha value is -2.02. The molecule has 19 heavy (non-hydrogen) atoms. The highest BCUT2D eigenvalue weighted by Crippen LogP contribution is 2.24. The smallest absolute Gasteiger partial charge is 0.244 e. The number of hydrogen-bond acceptors (Lipinski definition) is 3. The van der Waals surface area contributed by atoms with E-state index in [-0.39, 0.29) is 24.4 Å². The molecular formula is C15H19N3O. The number of benzene rings is 1. The van der Waals surface area contributed by atoms with Gasteiger partial charge in [-0.25, -0.2) is 0 Å². The van der Waals surface area contributed by atoms with Gasteiger partial charge in [-0.15, -0.1) is 0 Å². The molecule has 0 bridgehead atoms. The monoisotopic (exact) mass is 257 g/mol. The van der Waals surface area contributed by atoms with Gasteiger partial charge >= 0.3 is 0 Å². The minimum absolute atomic E-state index is 0.0569. The summed E-state index contributed by atoms with van der Waals surface area (Å²) in [5, 5.41) is 11.8. The molecule has 2 rings (SSSR count). The van der Waals surface area contributed by atoms with Gasteiger partial charge in [0.2, 0.25) is 5.91 Å².